The number of rotatable bonds is 7. The van der Waals surface area contributed by atoms with Crippen LogP contribution in [0.5, 0.6) is 0 Å². The summed E-state index contributed by atoms with van der Waals surface area (Å²) in [5.41, 5.74) is 0. The zero-order valence-electron chi connectivity index (χ0n) is 11.8. The maximum absolute atomic E-state index is 12.5. The number of hydrogen-bond acceptors (Lipinski definition) is 4. The van der Waals surface area contributed by atoms with Crippen molar-refractivity contribution in [3.05, 3.63) is 12.7 Å². The Hall–Kier alpha value is -1.21. The average molecular weight is 302 g/mol. The van der Waals surface area contributed by atoms with Crippen LogP contribution in [0, 0.1) is 0 Å². The Morgan fingerprint density at radius 1 is 1.60 bits per heavy atom. The van der Waals surface area contributed by atoms with Crippen LogP contribution >= 0.6 is 11.8 Å². The van der Waals surface area contributed by atoms with Crippen LogP contribution in [0.3, 0.4) is 0 Å². The molecule has 0 saturated carbocycles. The Kier molecular flexibility index (Phi) is 7.46. The Balaban J connectivity index is 2.72. The van der Waals surface area contributed by atoms with Gasteiger partial charge in [-0.25, -0.2) is 4.79 Å². The van der Waals surface area contributed by atoms with Crippen molar-refractivity contribution >= 4 is 23.8 Å². The fraction of sp³-hybridized carbons (Fsp3) is 0.692. The van der Waals surface area contributed by atoms with Crippen molar-refractivity contribution in [3.8, 4) is 0 Å². The molecule has 1 atom stereocenters. The van der Waals surface area contributed by atoms with Gasteiger partial charge in [0.25, 0.3) is 0 Å². The van der Waals surface area contributed by atoms with Crippen LogP contribution in [-0.4, -0.2) is 77.8 Å². The molecule has 1 aliphatic heterocycles. The smallest absolute Gasteiger partial charge is 0.320 e. The number of carboxylic acids is 1. The molecule has 0 aromatic carbocycles. The van der Waals surface area contributed by atoms with Crippen molar-refractivity contribution in [1.29, 1.82) is 0 Å². The number of urea groups is 1. The Morgan fingerprint density at radius 3 is 2.95 bits per heavy atom. The Bertz CT molecular complexity index is 351. The van der Waals surface area contributed by atoms with Crippen molar-refractivity contribution in [1.82, 2.24) is 9.80 Å². The van der Waals surface area contributed by atoms with Crippen LogP contribution in [-0.2, 0) is 9.53 Å². The molecular formula is C13H22N2O4S. The second-order valence-electron chi connectivity index (χ2n) is 4.53. The monoisotopic (exact) mass is 302 g/mol. The third kappa shape index (κ3) is 5.05. The van der Waals surface area contributed by atoms with Gasteiger partial charge in [-0.15, -0.1) is 6.58 Å². The highest BCUT2D eigenvalue weighted by Gasteiger charge is 2.31. The first-order chi connectivity index (χ1) is 9.60. The van der Waals surface area contributed by atoms with Gasteiger partial charge in [0.1, 0.15) is 0 Å². The van der Waals surface area contributed by atoms with Crippen LogP contribution in [0.15, 0.2) is 12.7 Å². The first-order valence-electron chi connectivity index (χ1n) is 6.55. The lowest BCUT2D eigenvalue weighted by molar-refractivity contribution is -0.138. The van der Waals surface area contributed by atoms with E-state index in [9.17, 15) is 9.59 Å². The molecule has 20 heavy (non-hydrogen) atoms. The van der Waals surface area contributed by atoms with E-state index in [1.807, 2.05) is 0 Å². The van der Waals surface area contributed by atoms with Crippen LogP contribution in [0.2, 0.25) is 0 Å². The Morgan fingerprint density at radius 2 is 2.35 bits per heavy atom. The van der Waals surface area contributed by atoms with E-state index < -0.39 is 5.97 Å². The number of carbonyl (C=O) groups is 2. The summed E-state index contributed by atoms with van der Waals surface area (Å²) in [4.78, 5) is 26.7. The van der Waals surface area contributed by atoms with Gasteiger partial charge in [-0.1, -0.05) is 6.08 Å². The van der Waals surface area contributed by atoms with E-state index in [1.165, 1.54) is 0 Å². The SMILES string of the molecule is C=CCN(CCOC)C(=O)N1CCSCC1CC(=O)O. The number of hydrogen-bond donors (Lipinski definition) is 1. The summed E-state index contributed by atoms with van der Waals surface area (Å²) in [6.45, 7) is 5.60. The molecular weight excluding hydrogens is 280 g/mol. The Labute approximate surface area is 123 Å². The molecule has 0 aromatic heterocycles. The highest BCUT2D eigenvalue weighted by atomic mass is 32.2. The summed E-state index contributed by atoms with van der Waals surface area (Å²) in [5.74, 6) is 0.639. The molecule has 1 N–H and O–H groups in total. The van der Waals surface area contributed by atoms with E-state index in [4.69, 9.17) is 9.84 Å². The maximum Gasteiger partial charge on any atom is 0.320 e. The van der Waals surface area contributed by atoms with Crippen molar-refractivity contribution < 1.29 is 19.4 Å². The molecule has 0 spiro atoms. The molecule has 7 heteroatoms. The fourth-order valence-corrected chi connectivity index (χ4v) is 3.14. The highest BCUT2D eigenvalue weighted by molar-refractivity contribution is 7.99. The van der Waals surface area contributed by atoms with Gasteiger partial charge < -0.3 is 19.6 Å². The van der Waals surface area contributed by atoms with Crippen molar-refractivity contribution in [2.75, 3.05) is 44.9 Å². The average Bonchev–Trinajstić information content (AvgIpc) is 2.42. The fourth-order valence-electron chi connectivity index (χ4n) is 2.08. The number of carboxylic acid groups (broad SMARTS) is 1. The minimum Gasteiger partial charge on any atom is -0.481 e. The van der Waals surface area contributed by atoms with Crippen LogP contribution < -0.4 is 0 Å². The van der Waals surface area contributed by atoms with Crippen LogP contribution in [0.4, 0.5) is 4.79 Å². The zero-order valence-corrected chi connectivity index (χ0v) is 12.6. The molecule has 1 rings (SSSR count). The largest absolute Gasteiger partial charge is 0.481 e. The second-order valence-corrected chi connectivity index (χ2v) is 5.68. The van der Waals surface area contributed by atoms with E-state index in [1.54, 1.807) is 34.7 Å². The van der Waals surface area contributed by atoms with Gasteiger partial charge in [0.2, 0.25) is 0 Å². The summed E-state index contributed by atoms with van der Waals surface area (Å²) in [6, 6.07) is -0.373. The number of carbonyl (C=O) groups excluding carboxylic acids is 1. The minimum atomic E-state index is -0.873. The molecule has 6 nitrogen and oxygen atoms in total. The quantitative estimate of drug-likeness (QED) is 0.714. The molecule has 2 amide bonds. The van der Waals surface area contributed by atoms with Crippen molar-refractivity contribution in [2.24, 2.45) is 0 Å². The summed E-state index contributed by atoms with van der Waals surface area (Å²) in [7, 11) is 1.58. The lowest BCUT2D eigenvalue weighted by Gasteiger charge is -2.38. The van der Waals surface area contributed by atoms with Gasteiger partial charge in [-0.05, 0) is 0 Å². The van der Waals surface area contributed by atoms with E-state index in [2.05, 4.69) is 6.58 Å². The predicted octanol–water partition coefficient (Wildman–Crippen LogP) is 1.13. The van der Waals surface area contributed by atoms with E-state index in [-0.39, 0.29) is 18.5 Å². The summed E-state index contributed by atoms with van der Waals surface area (Å²) >= 11 is 1.69. The maximum atomic E-state index is 12.5. The number of aliphatic carboxylic acids is 1. The topological polar surface area (TPSA) is 70.1 Å². The summed E-state index contributed by atoms with van der Waals surface area (Å²) in [6.07, 6.45) is 1.66. The van der Waals surface area contributed by atoms with E-state index >= 15 is 0 Å². The number of ether oxygens (including phenoxy) is 1. The van der Waals surface area contributed by atoms with Gasteiger partial charge in [0.05, 0.1) is 19.1 Å². The number of thioether (sulfide) groups is 1. The van der Waals surface area contributed by atoms with Gasteiger partial charge >= 0.3 is 12.0 Å². The van der Waals surface area contributed by atoms with Crippen molar-refractivity contribution in [2.45, 2.75) is 12.5 Å². The lowest BCUT2D eigenvalue weighted by Crippen LogP contribution is -2.53. The molecule has 1 fully saturated rings. The van der Waals surface area contributed by atoms with E-state index in [0.717, 1.165) is 5.75 Å². The molecule has 1 aliphatic rings. The lowest BCUT2D eigenvalue weighted by atomic mass is 10.2. The third-order valence-electron chi connectivity index (χ3n) is 3.07. The summed E-state index contributed by atoms with van der Waals surface area (Å²) < 4.78 is 5.00. The number of nitrogens with zero attached hydrogens (tertiary/aromatic N) is 2. The third-order valence-corrected chi connectivity index (χ3v) is 4.16. The van der Waals surface area contributed by atoms with Crippen molar-refractivity contribution in [3.63, 3.8) is 0 Å². The molecule has 1 heterocycles. The first-order valence-corrected chi connectivity index (χ1v) is 7.70. The number of methoxy groups -OCH3 is 1. The highest BCUT2D eigenvalue weighted by Crippen LogP contribution is 2.20. The standard InChI is InChI=1S/C13H22N2O4S/c1-3-4-14(5-7-19-2)13(18)15-6-8-20-10-11(15)9-12(16)17/h3,11H,1,4-10H2,2H3,(H,16,17). The molecule has 0 aromatic rings. The predicted molar refractivity (Wildman–Crippen MR) is 79.1 cm³/mol. The summed E-state index contributed by atoms with van der Waals surface area (Å²) in [5, 5.41) is 8.95. The number of amides is 2. The molecule has 114 valence electrons. The first kappa shape index (κ1) is 16.8. The van der Waals surface area contributed by atoms with Gasteiger partial charge in [-0.2, -0.15) is 11.8 Å². The van der Waals surface area contributed by atoms with Gasteiger partial charge in [0, 0.05) is 38.2 Å². The second kappa shape index (κ2) is 8.86. The van der Waals surface area contributed by atoms with Crippen LogP contribution in [0.25, 0.3) is 0 Å². The molecule has 1 saturated heterocycles. The van der Waals surface area contributed by atoms with Crippen LogP contribution in [0.1, 0.15) is 6.42 Å². The van der Waals surface area contributed by atoms with E-state index in [0.29, 0.717) is 32.0 Å². The van der Waals surface area contributed by atoms with Gasteiger partial charge in [0.15, 0.2) is 0 Å². The molecule has 1 unspecified atom stereocenters. The molecule has 0 aliphatic carbocycles. The normalized spacial score (nSPS) is 18.6. The molecule has 0 bridgehead atoms. The zero-order chi connectivity index (χ0) is 15.0. The molecule has 0 radical (unpaired) electrons. The minimum absolute atomic E-state index is 0.00898. The van der Waals surface area contributed by atoms with Gasteiger partial charge in [-0.3, -0.25) is 4.79 Å².